The minimum Gasteiger partial charge on any atom is -0.385 e. The van der Waals surface area contributed by atoms with Crippen molar-refractivity contribution in [1.29, 1.82) is 5.41 Å². The molecule has 447 valence electrons. The van der Waals surface area contributed by atoms with Gasteiger partial charge in [0.25, 0.3) is 25.3 Å². The Morgan fingerprint density at radius 2 is 1.67 bits per heavy atom. The number of likely N-dealkylation sites (tertiary alicyclic amines) is 1. The molecule has 2 saturated carbocycles. The van der Waals surface area contributed by atoms with E-state index in [1.807, 2.05) is 19.9 Å². The summed E-state index contributed by atoms with van der Waals surface area (Å²) in [5.41, 5.74) is 0.959. The summed E-state index contributed by atoms with van der Waals surface area (Å²) in [7, 11) is 7.62. The van der Waals surface area contributed by atoms with Gasteiger partial charge in [-0.2, -0.15) is 13.9 Å². The minimum absolute atomic E-state index is 0.0266. The molecule has 0 bridgehead atoms. The lowest BCUT2D eigenvalue weighted by atomic mass is 9.68. The van der Waals surface area contributed by atoms with Crippen LogP contribution in [0.15, 0.2) is 41.2 Å². The van der Waals surface area contributed by atoms with Gasteiger partial charge in [-0.3, -0.25) is 23.7 Å². The number of benzene rings is 2. The van der Waals surface area contributed by atoms with Crippen LogP contribution in [-0.4, -0.2) is 106 Å². The number of piperidine rings is 1. The second kappa shape index (κ2) is 27.1. The van der Waals surface area contributed by atoms with Crippen molar-refractivity contribution in [2.24, 2.45) is 11.8 Å². The van der Waals surface area contributed by atoms with E-state index in [2.05, 4.69) is 31.4 Å². The molecule has 1 radical (unpaired) electrons. The van der Waals surface area contributed by atoms with Crippen molar-refractivity contribution in [3.05, 3.63) is 114 Å². The van der Waals surface area contributed by atoms with Crippen LogP contribution in [-0.2, 0) is 33.8 Å². The first-order valence-corrected chi connectivity index (χ1v) is 29.3. The summed E-state index contributed by atoms with van der Waals surface area (Å²) >= 11 is 6.64. The fourth-order valence-electron chi connectivity index (χ4n) is 12.1. The average Bonchev–Trinajstić information content (AvgIpc) is 2.29. The van der Waals surface area contributed by atoms with Gasteiger partial charge in [0.2, 0.25) is 5.92 Å². The summed E-state index contributed by atoms with van der Waals surface area (Å²) in [5.74, 6) is -9.66. The standard InChI is InChI=1S/C41H49BClF5N6OP.C11H10F4N2O.C7H16O/c1-22(2)30(17-25-15-26(44)18-27(45)16-25)38-52-37-34(39(55)54(38)32-7-6-31(43)35(24(32)4)36(49)42-50-5)23(3)14-33(51-37)40(8-10-41(47,48)11-9-40)12-13-53-20-28(46)19-29(56)21-53;1-4(18)3-17-9-7(8(16-17)10(12)13)5-2-6(5)11(9,14)15;1-3-4-5-6-7-8-2/h6-7,14-16,18,22,28-30,49-50H,8-13,17,19-21,56H2,1-5H3;5-6,10H,2-3H2,1H3;3-7H2,1-2H3. The third-order valence-electron chi connectivity index (χ3n) is 16.4. The van der Waals surface area contributed by atoms with Gasteiger partial charge in [-0.1, -0.05) is 51.6 Å². The predicted octanol–water partition coefficient (Wildman–Crippen LogP) is 13.4. The number of ketones is 1. The predicted molar refractivity (Wildman–Crippen MR) is 307 cm³/mol. The summed E-state index contributed by atoms with van der Waals surface area (Å²) in [4.78, 5) is 38.3. The number of hydrogen-bond donors (Lipinski definition) is 2. The number of pyridine rings is 1. The summed E-state index contributed by atoms with van der Waals surface area (Å²) in [6.45, 7) is 12.9. The Bertz CT molecular complexity index is 3120. The zero-order valence-electron chi connectivity index (χ0n) is 47.9. The number of aromatic nitrogens is 5. The Balaban J connectivity index is 0.000000303. The molecule has 0 amide bonds. The number of alkyl halides is 7. The molecular formula is C59H75BClF9N8O3P. The van der Waals surface area contributed by atoms with Crippen LogP contribution >= 0.6 is 20.8 Å². The number of Topliss-reactive ketones (excluding diaryl/α,β-unsaturated/α-hetero) is 1. The number of nitrogens with one attached hydrogen (secondary N) is 2. The first kappa shape index (κ1) is 64.9. The topological polar surface area (TPSA) is 131 Å². The highest BCUT2D eigenvalue weighted by Crippen LogP contribution is 2.68. The van der Waals surface area contributed by atoms with Gasteiger partial charge in [0.05, 0.1) is 17.6 Å². The van der Waals surface area contributed by atoms with E-state index in [4.69, 9.17) is 31.7 Å². The molecule has 4 heterocycles. The number of hydrogen-bond acceptors (Lipinski definition) is 9. The van der Waals surface area contributed by atoms with Gasteiger partial charge in [0.1, 0.15) is 35.0 Å². The number of carbonyl (C=O) groups is 1. The SMILES string of the molecule is CC(=O)Cn1nc(C(F)F)c2c1C(F)(F)C1CC21.CCCCCCOC.CN[B]C(=N)c1c(Cl)ccc(-n2c(C(Cc3cc(F)cc(F)c3)C(C)C)nc3nc(C4(CCN5CC(F)CC(P)C5)CCC(F)(F)CC4)cc(C)c3c2=O)c1C. The molecule has 0 spiro atoms. The number of unbranched alkanes of at least 4 members (excludes halogenated alkanes) is 3. The van der Waals surface area contributed by atoms with Crippen molar-refractivity contribution in [1.82, 2.24) is 34.4 Å². The number of carbonyl (C=O) groups excluding carboxylic acids is 1. The maximum Gasteiger partial charge on any atom is 0.293 e. The van der Waals surface area contributed by atoms with Gasteiger partial charge < -0.3 is 15.4 Å². The zero-order valence-corrected chi connectivity index (χ0v) is 49.8. The van der Waals surface area contributed by atoms with Gasteiger partial charge in [-0.15, -0.1) is 9.24 Å². The van der Waals surface area contributed by atoms with Crippen molar-refractivity contribution in [3.8, 4) is 5.69 Å². The van der Waals surface area contributed by atoms with E-state index in [0.29, 0.717) is 70.4 Å². The number of nitrogens with zero attached hydrogens (tertiary/aromatic N) is 6. The molecule has 1 aliphatic heterocycles. The van der Waals surface area contributed by atoms with E-state index >= 15 is 4.79 Å². The third kappa shape index (κ3) is 14.7. The molecule has 23 heteroatoms. The van der Waals surface area contributed by atoms with Crippen molar-refractivity contribution < 1.29 is 49.0 Å². The van der Waals surface area contributed by atoms with Crippen LogP contribution in [0.4, 0.5) is 39.5 Å². The van der Waals surface area contributed by atoms with E-state index in [0.717, 1.165) is 17.4 Å². The lowest BCUT2D eigenvalue weighted by molar-refractivity contribution is -0.118. The first-order valence-electron chi connectivity index (χ1n) is 28.2. The number of methoxy groups -OCH3 is 1. The largest absolute Gasteiger partial charge is 0.385 e. The number of aryl methyl sites for hydroxylation is 1. The van der Waals surface area contributed by atoms with E-state index in [-0.39, 0.29) is 85.4 Å². The molecule has 2 N–H and O–H groups in total. The van der Waals surface area contributed by atoms with Gasteiger partial charge in [-0.25, -0.2) is 40.7 Å². The van der Waals surface area contributed by atoms with Crippen molar-refractivity contribution in [2.45, 2.75) is 172 Å². The quantitative estimate of drug-likeness (QED) is 0.0259. The Labute approximate surface area is 482 Å². The van der Waals surface area contributed by atoms with Gasteiger partial charge in [-0.05, 0) is 144 Å². The first-order chi connectivity index (χ1) is 38.7. The zero-order chi connectivity index (χ0) is 60.2. The molecule has 5 aromatic rings. The van der Waals surface area contributed by atoms with Crippen LogP contribution in [0.5, 0.6) is 0 Å². The fourth-order valence-corrected chi connectivity index (χ4v) is 13.0. The van der Waals surface area contributed by atoms with Gasteiger partial charge >= 0.3 is 0 Å². The molecule has 11 nitrogen and oxygen atoms in total. The van der Waals surface area contributed by atoms with E-state index in [9.17, 15) is 44.3 Å². The molecule has 4 aliphatic rings. The van der Waals surface area contributed by atoms with Crippen LogP contribution < -0.4 is 10.8 Å². The smallest absolute Gasteiger partial charge is 0.293 e. The van der Waals surface area contributed by atoms with Gasteiger partial charge in [0, 0.05) is 90.4 Å². The molecule has 3 fully saturated rings. The highest BCUT2D eigenvalue weighted by molar-refractivity contribution is 7.17. The molecule has 9 rings (SSSR count). The molecule has 1 saturated heterocycles. The summed E-state index contributed by atoms with van der Waals surface area (Å²) in [5, 5.41) is 15.6. The fraction of sp³-hybridized carbons (Fsp3) is 0.593. The molecule has 6 atom stereocenters. The highest BCUT2D eigenvalue weighted by Gasteiger charge is 2.67. The monoisotopic (exact) mass is 1190 g/mol. The molecular weight excluding hydrogens is 1120 g/mol. The van der Waals surface area contributed by atoms with Crippen molar-refractivity contribution in [2.75, 3.05) is 40.4 Å². The second-order valence-electron chi connectivity index (χ2n) is 23.1. The molecule has 6 unspecified atom stereocenters. The van der Waals surface area contributed by atoms with Crippen LogP contribution in [0.2, 0.25) is 5.02 Å². The maximum atomic E-state index is 15.1. The highest BCUT2D eigenvalue weighted by atomic mass is 35.5. The van der Waals surface area contributed by atoms with E-state index < -0.39 is 82.0 Å². The lowest BCUT2D eigenvalue weighted by Gasteiger charge is -2.42. The molecule has 82 heavy (non-hydrogen) atoms. The van der Waals surface area contributed by atoms with E-state index in [1.165, 1.54) is 56.7 Å². The summed E-state index contributed by atoms with van der Waals surface area (Å²) in [6, 6.07) is 8.46. The van der Waals surface area contributed by atoms with Crippen LogP contribution in [0.25, 0.3) is 16.7 Å². The normalized spacial score (nSPS) is 20.8. The molecule has 3 aliphatic carbocycles. The number of ether oxygens (including phenoxy) is 1. The summed E-state index contributed by atoms with van der Waals surface area (Å²) in [6.07, 6.45) is 2.37. The summed E-state index contributed by atoms with van der Waals surface area (Å²) < 4.78 is 134. The third-order valence-corrected chi connectivity index (χ3v) is 17.2. The van der Waals surface area contributed by atoms with Crippen LogP contribution in [0.1, 0.15) is 167 Å². The van der Waals surface area contributed by atoms with E-state index in [1.54, 1.807) is 40.1 Å². The van der Waals surface area contributed by atoms with Crippen molar-refractivity contribution in [3.63, 3.8) is 0 Å². The molecule has 2 aromatic carbocycles. The molecule has 3 aromatic heterocycles. The number of fused-ring (bicyclic) bond motifs is 4. The maximum absolute atomic E-state index is 15.1. The number of halogens is 10. The Morgan fingerprint density at radius 1 is 0.988 bits per heavy atom. The van der Waals surface area contributed by atoms with Crippen molar-refractivity contribution >= 4 is 50.7 Å². The Kier molecular flexibility index (Phi) is 21.5. The van der Waals surface area contributed by atoms with Crippen LogP contribution in [0, 0.1) is 42.7 Å². The van der Waals surface area contributed by atoms with Gasteiger partial charge in [0.15, 0.2) is 11.4 Å². The Morgan fingerprint density at radius 3 is 2.27 bits per heavy atom. The Hall–Kier alpha value is -4.69. The minimum atomic E-state index is -3.14. The lowest BCUT2D eigenvalue weighted by Crippen LogP contribution is -2.45. The van der Waals surface area contributed by atoms with Crippen LogP contribution in [0.3, 0.4) is 0 Å². The number of rotatable bonds is 20. The average molecular weight is 1190 g/mol. The second-order valence-corrected chi connectivity index (χ2v) is 24.4.